The summed E-state index contributed by atoms with van der Waals surface area (Å²) >= 11 is 15.7. The van der Waals surface area contributed by atoms with Gasteiger partial charge in [-0.2, -0.15) is 0 Å². The lowest BCUT2D eigenvalue weighted by Gasteiger charge is -2.20. The number of benzene rings is 2. The van der Waals surface area contributed by atoms with E-state index in [0.29, 0.717) is 72.1 Å². The lowest BCUT2D eigenvalue weighted by molar-refractivity contribution is -0.119. The molecule has 0 unspecified atom stereocenters. The molecule has 0 saturated carbocycles. The Balaban J connectivity index is 1.11. The summed E-state index contributed by atoms with van der Waals surface area (Å²) in [6, 6.07) is 17.4. The number of ether oxygens (including phenoxy) is 1. The fraction of sp³-hybridized carbons (Fsp3) is 0.333. The van der Waals surface area contributed by atoms with Crippen molar-refractivity contribution >= 4 is 62.2 Å². The number of halogens is 2. The number of β-amino-alcohol motifs (C(OH)–C–C–N with tert-alkyl or cyclic N) is 1. The largest absolute Gasteiger partial charge is 0.481 e. The zero-order chi connectivity index (χ0) is 34.8. The number of thiazole rings is 1. The molecule has 0 radical (unpaired) electrons. The highest BCUT2D eigenvalue weighted by atomic mass is 35.5. The van der Waals surface area contributed by atoms with Gasteiger partial charge in [0.15, 0.2) is 5.82 Å². The summed E-state index contributed by atoms with van der Waals surface area (Å²) in [5.41, 5.74) is 5.15. The van der Waals surface area contributed by atoms with Crippen LogP contribution in [0.5, 0.6) is 5.88 Å². The zero-order valence-electron chi connectivity index (χ0n) is 27.3. The number of aliphatic hydroxyl groups is 2. The van der Waals surface area contributed by atoms with Crippen LogP contribution in [0, 0.1) is 0 Å². The number of aliphatic hydroxyl groups excluding tert-OH is 2. The Morgan fingerprint density at radius 1 is 1.06 bits per heavy atom. The van der Waals surface area contributed by atoms with E-state index in [-0.39, 0.29) is 24.6 Å². The Kier molecular flexibility index (Phi) is 10.5. The molecule has 11 nitrogen and oxygen atoms in total. The van der Waals surface area contributed by atoms with Crippen molar-refractivity contribution in [2.24, 2.45) is 0 Å². The predicted molar refractivity (Wildman–Crippen MR) is 197 cm³/mol. The molecule has 7 rings (SSSR count). The lowest BCUT2D eigenvalue weighted by atomic mass is 10.00. The highest BCUT2D eigenvalue weighted by molar-refractivity contribution is 7.18. The van der Waals surface area contributed by atoms with Crippen molar-refractivity contribution in [2.45, 2.75) is 50.5 Å². The zero-order valence-corrected chi connectivity index (χ0v) is 29.7. The second kappa shape index (κ2) is 15.2. The molecule has 50 heavy (non-hydrogen) atoms. The highest BCUT2D eigenvalue weighted by Gasteiger charge is 2.31. The predicted octanol–water partition coefficient (Wildman–Crippen LogP) is 5.78. The summed E-state index contributed by atoms with van der Waals surface area (Å²) in [4.78, 5) is 27.8. The molecule has 1 amide bonds. The molecule has 0 bridgehead atoms. The highest BCUT2D eigenvalue weighted by Crippen LogP contribution is 2.42. The molecule has 260 valence electrons. The third kappa shape index (κ3) is 7.28. The van der Waals surface area contributed by atoms with Gasteiger partial charge in [0.1, 0.15) is 10.5 Å². The number of methoxy groups -OCH3 is 1. The molecule has 2 aliphatic heterocycles. The normalized spacial score (nSPS) is 19.3. The molecule has 14 heteroatoms. The molecule has 5 aromatic rings. The number of anilines is 2. The minimum Gasteiger partial charge on any atom is -0.481 e. The van der Waals surface area contributed by atoms with Gasteiger partial charge in [-0.3, -0.25) is 9.69 Å². The van der Waals surface area contributed by atoms with Crippen molar-refractivity contribution < 1.29 is 19.7 Å². The number of hydrogen-bond acceptors (Lipinski definition) is 11. The van der Waals surface area contributed by atoms with Crippen LogP contribution in [0.2, 0.25) is 10.0 Å². The first kappa shape index (κ1) is 34.6. The number of carbonyl (C=O) groups is 1. The molecular weight excluding hydrogens is 697 g/mol. The first-order valence-electron chi connectivity index (χ1n) is 16.5. The molecule has 3 aromatic heterocycles. The van der Waals surface area contributed by atoms with Crippen molar-refractivity contribution in [3.05, 3.63) is 81.4 Å². The van der Waals surface area contributed by atoms with Gasteiger partial charge in [0.2, 0.25) is 11.8 Å². The minimum atomic E-state index is -0.448. The van der Waals surface area contributed by atoms with Gasteiger partial charge in [0.05, 0.1) is 52.5 Å². The van der Waals surface area contributed by atoms with Crippen LogP contribution in [-0.4, -0.2) is 81.0 Å². The molecule has 0 spiro atoms. The lowest BCUT2D eigenvalue weighted by Crippen LogP contribution is -2.35. The topological polar surface area (TPSA) is 145 Å². The maximum Gasteiger partial charge on any atom is 0.220 e. The molecule has 5 N–H and O–H groups in total. The van der Waals surface area contributed by atoms with Gasteiger partial charge < -0.3 is 30.9 Å². The molecule has 2 fully saturated rings. The number of nitrogens with zero attached hydrogens (tertiary/aromatic N) is 4. The number of nitrogens with one attached hydrogen (secondary N) is 3. The van der Waals surface area contributed by atoms with E-state index in [4.69, 9.17) is 37.9 Å². The fourth-order valence-electron chi connectivity index (χ4n) is 6.62. The first-order chi connectivity index (χ1) is 24.3. The van der Waals surface area contributed by atoms with E-state index < -0.39 is 6.10 Å². The summed E-state index contributed by atoms with van der Waals surface area (Å²) in [6.45, 7) is 2.26. The summed E-state index contributed by atoms with van der Waals surface area (Å²) in [7, 11) is 1.59. The average Bonchev–Trinajstić information content (AvgIpc) is 3.83. The van der Waals surface area contributed by atoms with E-state index in [2.05, 4.69) is 25.8 Å². The smallest absolute Gasteiger partial charge is 0.220 e. The Morgan fingerprint density at radius 3 is 2.64 bits per heavy atom. The Hall–Kier alpha value is -3.88. The standard InChI is InChI=1S/C36H37Cl2N7O4S/c1-49-36-20(15-39-16-21-9-11-30(48)41-21)8-10-27(43-36)26-6-2-4-24(32(26)37)25-5-3-7-28(33(25)38)42-35-34-29(12-13-40-35)50-31(44-34)18-45-17-23(47)14-22(45)19-46/h2-8,10,12-13,21-23,39,46-47H,9,11,14-19H2,1H3,(H,40,42)(H,41,48)/t21-,22-,23+/m0/s1. The second-order valence-corrected chi connectivity index (χ2v) is 14.4. The third-order valence-electron chi connectivity index (χ3n) is 9.15. The van der Waals surface area contributed by atoms with E-state index in [1.807, 2.05) is 54.6 Å². The molecule has 2 aromatic carbocycles. The third-order valence-corrected chi connectivity index (χ3v) is 11.0. The van der Waals surface area contributed by atoms with Crippen LogP contribution in [0.4, 0.5) is 11.5 Å². The molecule has 2 saturated heterocycles. The molecule has 5 heterocycles. The van der Waals surface area contributed by atoms with E-state index in [0.717, 1.165) is 43.9 Å². The van der Waals surface area contributed by atoms with Gasteiger partial charge in [-0.05, 0) is 31.0 Å². The SMILES string of the molecule is COc1nc(-c2cccc(-c3cccc(Nc4nccc5sc(CN6C[C@H](O)C[C@H]6CO)nc45)c3Cl)c2Cl)ccc1CNC[C@@H]1CCC(=O)N1. The number of fused-ring (bicyclic) bond motifs is 1. The van der Waals surface area contributed by atoms with Gasteiger partial charge in [0, 0.05) is 66.6 Å². The molecule has 3 atom stereocenters. The number of carbonyl (C=O) groups excluding carboxylic acids is 1. The van der Waals surface area contributed by atoms with Crippen molar-refractivity contribution in [3.63, 3.8) is 0 Å². The summed E-state index contributed by atoms with van der Waals surface area (Å²) in [5.74, 6) is 1.16. The van der Waals surface area contributed by atoms with E-state index in [1.54, 1.807) is 24.6 Å². The van der Waals surface area contributed by atoms with E-state index in [1.165, 1.54) is 0 Å². The summed E-state index contributed by atoms with van der Waals surface area (Å²) in [5, 5.41) is 31.5. The number of aromatic nitrogens is 3. The van der Waals surface area contributed by atoms with Gasteiger partial charge in [0.25, 0.3) is 0 Å². The molecule has 2 aliphatic rings. The van der Waals surface area contributed by atoms with Gasteiger partial charge in [-0.25, -0.2) is 15.0 Å². The van der Waals surface area contributed by atoms with Crippen LogP contribution in [0.3, 0.4) is 0 Å². The van der Waals surface area contributed by atoms with Crippen LogP contribution in [-0.2, 0) is 17.9 Å². The van der Waals surface area contributed by atoms with E-state index in [9.17, 15) is 15.0 Å². The number of likely N-dealkylation sites (tertiary alicyclic amines) is 1. The number of rotatable bonds is 12. The van der Waals surface area contributed by atoms with Crippen LogP contribution in [0.15, 0.2) is 60.8 Å². The van der Waals surface area contributed by atoms with Crippen LogP contribution in [0.1, 0.15) is 29.8 Å². The monoisotopic (exact) mass is 733 g/mol. The Labute approximate surface area is 303 Å². The number of hydrogen-bond donors (Lipinski definition) is 5. The van der Waals surface area contributed by atoms with Gasteiger partial charge >= 0.3 is 0 Å². The van der Waals surface area contributed by atoms with Gasteiger partial charge in [-0.15, -0.1) is 11.3 Å². The van der Waals surface area contributed by atoms with Crippen molar-refractivity contribution in [1.82, 2.24) is 30.5 Å². The average molecular weight is 735 g/mol. The van der Waals surface area contributed by atoms with Crippen LogP contribution in [0.25, 0.3) is 32.6 Å². The van der Waals surface area contributed by atoms with Crippen LogP contribution < -0.4 is 20.7 Å². The molecular formula is C36H37Cl2N7O4S. The number of amides is 1. The Morgan fingerprint density at radius 2 is 1.86 bits per heavy atom. The maximum atomic E-state index is 11.5. The first-order valence-corrected chi connectivity index (χ1v) is 18.0. The molecule has 0 aliphatic carbocycles. The van der Waals surface area contributed by atoms with Gasteiger partial charge in [-0.1, -0.05) is 59.6 Å². The second-order valence-electron chi connectivity index (χ2n) is 12.5. The minimum absolute atomic E-state index is 0.00310. The van der Waals surface area contributed by atoms with E-state index >= 15 is 0 Å². The maximum absolute atomic E-state index is 11.5. The summed E-state index contributed by atoms with van der Waals surface area (Å²) in [6.07, 6.45) is 3.24. The quantitative estimate of drug-likeness (QED) is 0.107. The fourth-order valence-corrected chi connectivity index (χ4v) is 8.21. The van der Waals surface area contributed by atoms with Crippen LogP contribution >= 0.6 is 34.5 Å². The van der Waals surface area contributed by atoms with Crippen molar-refractivity contribution in [2.75, 3.05) is 32.1 Å². The number of pyridine rings is 2. The summed E-state index contributed by atoms with van der Waals surface area (Å²) < 4.78 is 6.61. The van der Waals surface area contributed by atoms with Crippen molar-refractivity contribution in [3.8, 4) is 28.3 Å². The Bertz CT molecular complexity index is 2030. The van der Waals surface area contributed by atoms with Crippen molar-refractivity contribution in [1.29, 1.82) is 0 Å².